The van der Waals surface area contributed by atoms with E-state index < -0.39 is 0 Å². The molecule has 19 heavy (non-hydrogen) atoms. The minimum atomic E-state index is 0.481. The molecule has 1 aromatic heterocycles. The largest absolute Gasteiger partial charge is 0.367 e. The summed E-state index contributed by atoms with van der Waals surface area (Å²) in [5.41, 5.74) is 1.38. The second-order valence-electron chi connectivity index (χ2n) is 5.59. The van der Waals surface area contributed by atoms with Crippen LogP contribution in [0.2, 0.25) is 0 Å². The summed E-state index contributed by atoms with van der Waals surface area (Å²) >= 11 is 0. The van der Waals surface area contributed by atoms with Crippen molar-refractivity contribution in [3.8, 4) is 0 Å². The molecule has 0 spiro atoms. The molecular weight excluding hydrogens is 234 g/mol. The minimum absolute atomic E-state index is 0.481. The Bertz CT molecular complexity index is 391. The average molecular weight is 261 g/mol. The van der Waals surface area contributed by atoms with Crippen LogP contribution in [0.15, 0.2) is 18.3 Å². The van der Waals surface area contributed by atoms with Gasteiger partial charge in [0.05, 0.1) is 0 Å². The lowest BCUT2D eigenvalue weighted by Gasteiger charge is -2.26. The normalized spacial score (nSPS) is 21.5. The van der Waals surface area contributed by atoms with Gasteiger partial charge in [-0.1, -0.05) is 19.9 Å². The molecule has 0 aliphatic carbocycles. The van der Waals surface area contributed by atoms with Gasteiger partial charge in [0.25, 0.3) is 0 Å². The van der Waals surface area contributed by atoms with E-state index in [1.807, 2.05) is 6.20 Å². The Kier molecular flexibility index (Phi) is 5.20. The van der Waals surface area contributed by atoms with Crippen LogP contribution in [0.3, 0.4) is 0 Å². The van der Waals surface area contributed by atoms with E-state index in [4.69, 9.17) is 0 Å². The molecule has 1 saturated heterocycles. The summed E-state index contributed by atoms with van der Waals surface area (Å²) in [6.07, 6.45) is 6.82. The van der Waals surface area contributed by atoms with Gasteiger partial charge in [-0.15, -0.1) is 0 Å². The van der Waals surface area contributed by atoms with Gasteiger partial charge in [-0.25, -0.2) is 4.98 Å². The summed E-state index contributed by atoms with van der Waals surface area (Å²) in [6.45, 7) is 9.12. The molecule has 2 atom stereocenters. The van der Waals surface area contributed by atoms with Crippen LogP contribution in [0.5, 0.6) is 0 Å². The maximum atomic E-state index is 4.57. The van der Waals surface area contributed by atoms with E-state index in [-0.39, 0.29) is 0 Å². The van der Waals surface area contributed by atoms with Gasteiger partial charge >= 0.3 is 0 Å². The standard InChI is InChI=1S/C16H27N3/c1-4-11-19-12-7-9-15(19)14-8-6-10-17-16(14)18-13(3)5-2/h6,8,10,13,15H,4-5,7,9,11-12H2,1-3H3,(H,17,18). The quantitative estimate of drug-likeness (QED) is 0.843. The van der Waals surface area contributed by atoms with Gasteiger partial charge in [0.15, 0.2) is 0 Å². The molecule has 1 aliphatic rings. The van der Waals surface area contributed by atoms with Crippen LogP contribution >= 0.6 is 0 Å². The lowest BCUT2D eigenvalue weighted by molar-refractivity contribution is 0.258. The lowest BCUT2D eigenvalue weighted by Crippen LogP contribution is -2.26. The average Bonchev–Trinajstić information content (AvgIpc) is 2.88. The zero-order valence-electron chi connectivity index (χ0n) is 12.5. The number of aromatic nitrogens is 1. The third-order valence-corrected chi connectivity index (χ3v) is 4.07. The summed E-state index contributed by atoms with van der Waals surface area (Å²) in [5, 5.41) is 3.56. The van der Waals surface area contributed by atoms with Crippen molar-refractivity contribution in [3.05, 3.63) is 23.9 Å². The molecule has 2 unspecified atom stereocenters. The Balaban J connectivity index is 2.18. The first-order valence-electron chi connectivity index (χ1n) is 7.71. The highest BCUT2D eigenvalue weighted by molar-refractivity contribution is 5.46. The first-order chi connectivity index (χ1) is 9.26. The molecule has 106 valence electrons. The lowest BCUT2D eigenvalue weighted by atomic mass is 10.0. The fourth-order valence-electron chi connectivity index (χ4n) is 2.88. The SMILES string of the molecule is CCCN1CCCC1c1cccnc1NC(C)CC. The Hall–Kier alpha value is -1.09. The topological polar surface area (TPSA) is 28.2 Å². The van der Waals surface area contributed by atoms with Crippen LogP contribution in [-0.2, 0) is 0 Å². The van der Waals surface area contributed by atoms with E-state index in [2.05, 4.69) is 48.1 Å². The Labute approximate surface area is 117 Å². The molecule has 1 fully saturated rings. The summed E-state index contributed by atoms with van der Waals surface area (Å²) in [4.78, 5) is 7.18. The van der Waals surface area contributed by atoms with Gasteiger partial charge < -0.3 is 5.32 Å². The molecule has 0 radical (unpaired) electrons. The van der Waals surface area contributed by atoms with E-state index in [1.165, 1.54) is 37.9 Å². The molecule has 0 amide bonds. The van der Waals surface area contributed by atoms with Gasteiger partial charge in [-0.05, 0) is 51.8 Å². The van der Waals surface area contributed by atoms with E-state index in [1.54, 1.807) is 0 Å². The van der Waals surface area contributed by atoms with Crippen LogP contribution in [-0.4, -0.2) is 29.0 Å². The molecule has 0 aromatic carbocycles. The molecule has 2 heterocycles. The number of anilines is 1. The van der Waals surface area contributed by atoms with Crippen molar-refractivity contribution in [1.82, 2.24) is 9.88 Å². The van der Waals surface area contributed by atoms with Crippen molar-refractivity contribution in [2.45, 2.75) is 58.5 Å². The summed E-state index contributed by atoms with van der Waals surface area (Å²) in [7, 11) is 0. The Morgan fingerprint density at radius 2 is 2.32 bits per heavy atom. The van der Waals surface area contributed by atoms with Crippen molar-refractivity contribution >= 4 is 5.82 Å². The first kappa shape index (κ1) is 14.3. The molecule has 3 heteroatoms. The highest BCUT2D eigenvalue weighted by atomic mass is 15.2. The molecule has 3 nitrogen and oxygen atoms in total. The fourth-order valence-corrected chi connectivity index (χ4v) is 2.88. The first-order valence-corrected chi connectivity index (χ1v) is 7.71. The number of hydrogen-bond donors (Lipinski definition) is 1. The Morgan fingerprint density at radius 1 is 1.47 bits per heavy atom. The molecule has 0 bridgehead atoms. The number of rotatable bonds is 6. The molecule has 1 aliphatic heterocycles. The van der Waals surface area contributed by atoms with Crippen LogP contribution in [0, 0.1) is 0 Å². The third-order valence-electron chi connectivity index (χ3n) is 4.07. The maximum absolute atomic E-state index is 4.57. The predicted molar refractivity (Wildman–Crippen MR) is 81.5 cm³/mol. The number of likely N-dealkylation sites (tertiary alicyclic amines) is 1. The summed E-state index contributed by atoms with van der Waals surface area (Å²) in [6, 6.07) is 5.35. The molecule has 1 aromatic rings. The fraction of sp³-hybridized carbons (Fsp3) is 0.688. The van der Waals surface area contributed by atoms with Crippen molar-refractivity contribution < 1.29 is 0 Å². The van der Waals surface area contributed by atoms with E-state index in [0.29, 0.717) is 12.1 Å². The second kappa shape index (κ2) is 6.90. The highest BCUT2D eigenvalue weighted by Crippen LogP contribution is 2.35. The van der Waals surface area contributed by atoms with Crippen LogP contribution < -0.4 is 5.32 Å². The van der Waals surface area contributed by atoms with Gasteiger partial charge in [0.2, 0.25) is 0 Å². The summed E-state index contributed by atoms with van der Waals surface area (Å²) in [5.74, 6) is 1.09. The van der Waals surface area contributed by atoms with Crippen molar-refractivity contribution in [2.75, 3.05) is 18.4 Å². The molecule has 0 saturated carbocycles. The van der Waals surface area contributed by atoms with Gasteiger partial charge in [0.1, 0.15) is 5.82 Å². The van der Waals surface area contributed by atoms with Gasteiger partial charge in [-0.3, -0.25) is 4.90 Å². The zero-order chi connectivity index (χ0) is 13.7. The summed E-state index contributed by atoms with van der Waals surface area (Å²) < 4.78 is 0. The Morgan fingerprint density at radius 3 is 3.05 bits per heavy atom. The van der Waals surface area contributed by atoms with Crippen molar-refractivity contribution in [2.24, 2.45) is 0 Å². The number of nitrogens with one attached hydrogen (secondary N) is 1. The molecule has 2 rings (SSSR count). The monoisotopic (exact) mass is 261 g/mol. The highest BCUT2D eigenvalue weighted by Gasteiger charge is 2.27. The van der Waals surface area contributed by atoms with Crippen molar-refractivity contribution in [1.29, 1.82) is 0 Å². The van der Waals surface area contributed by atoms with Crippen molar-refractivity contribution in [3.63, 3.8) is 0 Å². The second-order valence-corrected chi connectivity index (χ2v) is 5.59. The zero-order valence-corrected chi connectivity index (χ0v) is 12.5. The smallest absolute Gasteiger partial charge is 0.130 e. The number of pyridine rings is 1. The number of nitrogens with zero attached hydrogens (tertiary/aromatic N) is 2. The minimum Gasteiger partial charge on any atom is -0.367 e. The molecular formula is C16H27N3. The number of hydrogen-bond acceptors (Lipinski definition) is 3. The maximum Gasteiger partial charge on any atom is 0.130 e. The third kappa shape index (κ3) is 3.47. The van der Waals surface area contributed by atoms with Gasteiger partial charge in [0, 0.05) is 23.8 Å². The van der Waals surface area contributed by atoms with E-state index in [9.17, 15) is 0 Å². The van der Waals surface area contributed by atoms with E-state index >= 15 is 0 Å². The van der Waals surface area contributed by atoms with Crippen LogP contribution in [0.4, 0.5) is 5.82 Å². The molecule has 1 N–H and O–H groups in total. The van der Waals surface area contributed by atoms with Crippen LogP contribution in [0.25, 0.3) is 0 Å². The van der Waals surface area contributed by atoms with Crippen LogP contribution in [0.1, 0.15) is 58.1 Å². The van der Waals surface area contributed by atoms with E-state index in [0.717, 1.165) is 12.2 Å². The predicted octanol–water partition coefficient (Wildman–Crippen LogP) is 3.84. The van der Waals surface area contributed by atoms with Gasteiger partial charge in [-0.2, -0.15) is 0 Å².